The Balaban J connectivity index is 1.58. The predicted molar refractivity (Wildman–Crippen MR) is 147 cm³/mol. The van der Waals surface area contributed by atoms with Crippen LogP contribution in [0, 0.1) is 0 Å². The normalized spacial score (nSPS) is 14.6. The Kier molecular flexibility index (Phi) is 6.89. The van der Waals surface area contributed by atoms with E-state index in [0.29, 0.717) is 58.9 Å². The molecule has 1 fully saturated rings. The van der Waals surface area contributed by atoms with Gasteiger partial charge in [0.2, 0.25) is 10.0 Å². The first kappa shape index (κ1) is 26.5. The summed E-state index contributed by atoms with van der Waals surface area (Å²) in [6.07, 6.45) is 6.40. The van der Waals surface area contributed by atoms with Crippen molar-refractivity contribution < 1.29 is 17.9 Å². The third-order valence-electron chi connectivity index (χ3n) is 6.71. The van der Waals surface area contributed by atoms with Crippen LogP contribution >= 0.6 is 23.2 Å². The van der Waals surface area contributed by atoms with Crippen molar-refractivity contribution in [2.24, 2.45) is 0 Å². The van der Waals surface area contributed by atoms with Crippen molar-refractivity contribution >= 4 is 44.1 Å². The monoisotopic (exact) mass is 577 g/mol. The molecule has 1 aliphatic heterocycles. The first-order chi connectivity index (χ1) is 18.1. The number of aryl methyl sites for hydroxylation is 1. The molecule has 200 valence electrons. The standard InChI is InChI=1S/C25H25Cl2N5O5S/c1-5-31-19-7-18(15-10-29-32(11-15)16-12-30(13-16)38(4,34)35)28-9-14(19)6-17(25(31)33)22-23(26)20(36-2)8-21(37-3)24(22)27/h6-11,16H,5,12-13H2,1-4H3. The van der Waals surface area contributed by atoms with Gasteiger partial charge in [0.05, 0.1) is 59.5 Å². The third-order valence-corrected chi connectivity index (χ3v) is 8.69. The molecule has 0 atom stereocenters. The second kappa shape index (κ2) is 9.88. The van der Waals surface area contributed by atoms with Gasteiger partial charge in [-0.25, -0.2) is 8.42 Å². The summed E-state index contributed by atoms with van der Waals surface area (Å²) in [5.74, 6) is 0.670. The summed E-state index contributed by atoms with van der Waals surface area (Å²) in [6, 6.07) is 5.09. The van der Waals surface area contributed by atoms with Gasteiger partial charge in [-0.15, -0.1) is 0 Å². The maximum atomic E-state index is 13.7. The van der Waals surface area contributed by atoms with E-state index < -0.39 is 10.0 Å². The van der Waals surface area contributed by atoms with Crippen LogP contribution in [0.2, 0.25) is 10.0 Å². The highest BCUT2D eigenvalue weighted by Gasteiger charge is 2.35. The number of halogens is 2. The fourth-order valence-electron chi connectivity index (χ4n) is 4.57. The molecular weight excluding hydrogens is 553 g/mol. The van der Waals surface area contributed by atoms with Crippen molar-refractivity contribution in [3.05, 3.63) is 57.2 Å². The highest BCUT2D eigenvalue weighted by molar-refractivity contribution is 7.88. The van der Waals surface area contributed by atoms with Crippen molar-refractivity contribution in [3.8, 4) is 33.9 Å². The number of pyridine rings is 2. The molecule has 4 aromatic rings. The average molecular weight is 578 g/mol. The number of ether oxygens (including phenoxy) is 2. The molecule has 1 saturated heterocycles. The number of benzene rings is 1. The molecule has 4 heterocycles. The van der Waals surface area contributed by atoms with Crippen LogP contribution in [-0.4, -0.2) is 65.6 Å². The number of sulfonamides is 1. The van der Waals surface area contributed by atoms with Crippen molar-refractivity contribution in [1.29, 1.82) is 0 Å². The quantitative estimate of drug-likeness (QED) is 0.325. The number of aromatic nitrogens is 4. The van der Waals surface area contributed by atoms with E-state index in [4.69, 9.17) is 32.7 Å². The number of hydrogen-bond acceptors (Lipinski definition) is 7. The van der Waals surface area contributed by atoms with Gasteiger partial charge in [-0.05, 0) is 19.1 Å². The second-order valence-electron chi connectivity index (χ2n) is 8.96. The van der Waals surface area contributed by atoms with E-state index in [-0.39, 0.29) is 21.6 Å². The Morgan fingerprint density at radius 3 is 2.29 bits per heavy atom. The average Bonchev–Trinajstić information content (AvgIpc) is 3.32. The van der Waals surface area contributed by atoms with Gasteiger partial charge < -0.3 is 14.0 Å². The van der Waals surface area contributed by atoms with Gasteiger partial charge in [0.25, 0.3) is 5.56 Å². The fraction of sp³-hybridized carbons (Fsp3) is 0.320. The molecule has 0 saturated carbocycles. The lowest BCUT2D eigenvalue weighted by molar-refractivity contribution is 0.192. The lowest BCUT2D eigenvalue weighted by Crippen LogP contribution is -2.50. The Morgan fingerprint density at radius 1 is 1.05 bits per heavy atom. The minimum Gasteiger partial charge on any atom is -0.495 e. The van der Waals surface area contributed by atoms with E-state index in [1.165, 1.54) is 24.8 Å². The number of fused-ring (bicyclic) bond motifs is 1. The minimum atomic E-state index is -3.21. The number of rotatable bonds is 7. The van der Waals surface area contributed by atoms with Crippen molar-refractivity contribution in [3.63, 3.8) is 0 Å². The van der Waals surface area contributed by atoms with Crippen LogP contribution in [0.15, 0.2) is 41.6 Å². The van der Waals surface area contributed by atoms with E-state index in [2.05, 4.69) is 10.1 Å². The molecule has 0 radical (unpaired) electrons. The van der Waals surface area contributed by atoms with Crippen LogP contribution < -0.4 is 15.0 Å². The van der Waals surface area contributed by atoms with Gasteiger partial charge in [-0.1, -0.05) is 23.2 Å². The summed E-state index contributed by atoms with van der Waals surface area (Å²) in [7, 11) is -0.258. The highest BCUT2D eigenvalue weighted by atomic mass is 35.5. The molecule has 0 N–H and O–H groups in total. The van der Waals surface area contributed by atoms with Crippen LogP contribution in [0.1, 0.15) is 13.0 Å². The van der Waals surface area contributed by atoms with Gasteiger partial charge in [0.15, 0.2) is 0 Å². The van der Waals surface area contributed by atoms with Crippen molar-refractivity contribution in [2.75, 3.05) is 33.6 Å². The van der Waals surface area contributed by atoms with Crippen LogP contribution in [-0.2, 0) is 16.6 Å². The molecular formula is C25H25Cl2N5O5S. The van der Waals surface area contributed by atoms with Crippen LogP contribution in [0.4, 0.5) is 0 Å². The van der Waals surface area contributed by atoms with E-state index in [1.54, 1.807) is 33.8 Å². The molecule has 10 nitrogen and oxygen atoms in total. The zero-order chi connectivity index (χ0) is 27.4. The maximum Gasteiger partial charge on any atom is 0.259 e. The molecule has 3 aromatic heterocycles. The van der Waals surface area contributed by atoms with Crippen LogP contribution in [0.5, 0.6) is 11.5 Å². The summed E-state index contributed by atoms with van der Waals surface area (Å²) in [6.45, 7) is 3.03. The third kappa shape index (κ3) is 4.43. The Hall–Kier alpha value is -3.12. The van der Waals surface area contributed by atoms with Gasteiger partial charge in [0.1, 0.15) is 11.5 Å². The van der Waals surface area contributed by atoms with Crippen LogP contribution in [0.3, 0.4) is 0 Å². The van der Waals surface area contributed by atoms with E-state index in [9.17, 15) is 13.2 Å². The van der Waals surface area contributed by atoms with E-state index in [0.717, 1.165) is 5.56 Å². The molecule has 5 rings (SSSR count). The molecule has 13 heteroatoms. The summed E-state index contributed by atoms with van der Waals surface area (Å²) in [5.41, 5.74) is 2.43. The van der Waals surface area contributed by atoms with E-state index >= 15 is 0 Å². The smallest absolute Gasteiger partial charge is 0.259 e. The molecule has 1 aliphatic rings. The van der Waals surface area contributed by atoms with Gasteiger partial charge >= 0.3 is 0 Å². The minimum absolute atomic E-state index is 0.0373. The van der Waals surface area contributed by atoms with Crippen molar-refractivity contribution in [2.45, 2.75) is 19.5 Å². The predicted octanol–water partition coefficient (Wildman–Crippen LogP) is 4.09. The lowest BCUT2D eigenvalue weighted by Gasteiger charge is -2.36. The maximum absolute atomic E-state index is 13.7. The Labute approximate surface area is 229 Å². The molecule has 0 aliphatic carbocycles. The number of nitrogens with zero attached hydrogens (tertiary/aromatic N) is 5. The zero-order valence-corrected chi connectivity index (χ0v) is 23.4. The van der Waals surface area contributed by atoms with Crippen LogP contribution in [0.25, 0.3) is 33.3 Å². The second-order valence-corrected chi connectivity index (χ2v) is 11.7. The zero-order valence-electron chi connectivity index (χ0n) is 21.1. The summed E-state index contributed by atoms with van der Waals surface area (Å²) in [4.78, 5) is 18.3. The van der Waals surface area contributed by atoms with Gasteiger partial charge in [0, 0.05) is 54.6 Å². The van der Waals surface area contributed by atoms with Crippen molar-refractivity contribution in [1.82, 2.24) is 23.6 Å². The molecule has 0 amide bonds. The molecule has 38 heavy (non-hydrogen) atoms. The molecule has 0 bridgehead atoms. The summed E-state index contributed by atoms with van der Waals surface area (Å²) < 4.78 is 38.9. The first-order valence-corrected chi connectivity index (χ1v) is 14.3. The van der Waals surface area contributed by atoms with E-state index in [1.807, 2.05) is 19.2 Å². The Morgan fingerprint density at radius 2 is 1.71 bits per heavy atom. The fourth-order valence-corrected chi connectivity index (χ4v) is 6.16. The Bertz CT molecular complexity index is 1700. The largest absolute Gasteiger partial charge is 0.495 e. The SMILES string of the molecule is CCn1c(=O)c(-c2c(Cl)c(OC)cc(OC)c2Cl)cc2cnc(-c3cnn(C4CN(S(C)(=O)=O)C4)c3)cc21. The first-order valence-electron chi connectivity index (χ1n) is 11.7. The number of hydrogen-bond donors (Lipinski definition) is 0. The lowest BCUT2D eigenvalue weighted by atomic mass is 10.0. The summed E-state index contributed by atoms with van der Waals surface area (Å²) in [5, 5.41) is 5.54. The molecule has 0 spiro atoms. The molecule has 0 unspecified atom stereocenters. The summed E-state index contributed by atoms with van der Waals surface area (Å²) >= 11 is 13.2. The highest BCUT2D eigenvalue weighted by Crippen LogP contribution is 2.45. The van der Waals surface area contributed by atoms with Gasteiger partial charge in [-0.2, -0.15) is 9.40 Å². The topological polar surface area (TPSA) is 109 Å². The number of methoxy groups -OCH3 is 2. The van der Waals surface area contributed by atoms with Gasteiger partial charge in [-0.3, -0.25) is 14.5 Å². The molecule has 1 aromatic carbocycles.